The van der Waals surface area contributed by atoms with Crippen molar-refractivity contribution in [1.29, 1.82) is 0 Å². The van der Waals surface area contributed by atoms with E-state index in [9.17, 15) is 18.8 Å². The molecule has 188 valence electrons. The van der Waals surface area contributed by atoms with E-state index in [1.165, 1.54) is 43.4 Å². The molecule has 0 unspecified atom stereocenters. The zero-order valence-electron chi connectivity index (χ0n) is 20.9. The zero-order valence-corrected chi connectivity index (χ0v) is 20.9. The summed E-state index contributed by atoms with van der Waals surface area (Å²) in [5.41, 5.74) is 1.06. The van der Waals surface area contributed by atoms with Gasteiger partial charge >= 0.3 is 6.03 Å². The minimum absolute atomic E-state index is 0.0979. The van der Waals surface area contributed by atoms with Crippen molar-refractivity contribution in [2.24, 2.45) is 0 Å². The van der Waals surface area contributed by atoms with Crippen molar-refractivity contribution in [3.63, 3.8) is 0 Å². The van der Waals surface area contributed by atoms with Crippen LogP contribution in [-0.4, -0.2) is 16.5 Å². The largest absolute Gasteiger partial charge is 0.327 e. The number of pyridine rings is 1. The molecule has 3 N–H and O–H groups in total. The summed E-state index contributed by atoms with van der Waals surface area (Å²) in [4.78, 5) is 37.4. The standard InChI is InChI=1S/C28H31FN4O3/c1-8-11-22(10-3)31-28(36)32-25-16-21(12-13-24(25)29)23-15-20(9-2)26(14-18(6)30-19(7)34)33(17(4)5)27(23)35/h8-17H,1,3,6H2,2,4-5,7H3,(H,30,34)(H2,31,32,36)/b20-9-,22-11+,26-14+. The van der Waals surface area contributed by atoms with Crippen LogP contribution in [0.3, 0.4) is 0 Å². The third kappa shape index (κ3) is 6.79. The predicted octanol–water partition coefficient (Wildman–Crippen LogP) is 3.84. The molecule has 0 saturated heterocycles. The van der Waals surface area contributed by atoms with Gasteiger partial charge in [-0.2, -0.15) is 0 Å². The van der Waals surface area contributed by atoms with Gasteiger partial charge in [-0.05, 0) is 68.0 Å². The second-order valence-corrected chi connectivity index (χ2v) is 8.14. The summed E-state index contributed by atoms with van der Waals surface area (Å²) in [5.74, 6) is -0.936. The Kier molecular flexibility index (Phi) is 9.50. The van der Waals surface area contributed by atoms with E-state index in [1.54, 1.807) is 16.7 Å². The molecule has 0 fully saturated rings. The summed E-state index contributed by atoms with van der Waals surface area (Å²) < 4.78 is 16.1. The number of anilines is 1. The van der Waals surface area contributed by atoms with Crippen LogP contribution in [0, 0.1) is 5.82 Å². The summed E-state index contributed by atoms with van der Waals surface area (Å²) in [7, 11) is 0. The fraction of sp³-hybridized carbons (Fsp3) is 0.179. The van der Waals surface area contributed by atoms with Crippen molar-refractivity contribution in [2.45, 2.75) is 33.7 Å². The molecule has 0 atom stereocenters. The zero-order chi connectivity index (χ0) is 27.0. The lowest BCUT2D eigenvalue weighted by atomic mass is 10.0. The van der Waals surface area contributed by atoms with Crippen molar-refractivity contribution in [2.75, 3.05) is 5.32 Å². The van der Waals surface area contributed by atoms with Gasteiger partial charge in [-0.1, -0.05) is 38.0 Å². The molecule has 0 bridgehead atoms. The van der Waals surface area contributed by atoms with E-state index >= 15 is 0 Å². The first kappa shape index (κ1) is 27.8. The molecule has 0 aliphatic rings. The van der Waals surface area contributed by atoms with Crippen LogP contribution in [0.15, 0.2) is 78.4 Å². The van der Waals surface area contributed by atoms with Crippen LogP contribution in [-0.2, 0) is 4.79 Å². The molecular formula is C28H31FN4O3. The van der Waals surface area contributed by atoms with Crippen molar-refractivity contribution in [1.82, 2.24) is 15.2 Å². The van der Waals surface area contributed by atoms with Crippen LogP contribution in [0.1, 0.15) is 33.7 Å². The van der Waals surface area contributed by atoms with Gasteiger partial charge in [0.05, 0.1) is 11.0 Å². The number of carbonyl (C=O) groups is 2. The van der Waals surface area contributed by atoms with Crippen LogP contribution >= 0.6 is 0 Å². The number of nitrogens with one attached hydrogen (secondary N) is 3. The number of nitrogens with zero attached hydrogens (tertiary/aromatic N) is 1. The number of allylic oxidation sites excluding steroid dienone is 4. The van der Waals surface area contributed by atoms with Gasteiger partial charge in [0, 0.05) is 29.9 Å². The van der Waals surface area contributed by atoms with E-state index in [4.69, 9.17) is 0 Å². The fourth-order valence-electron chi connectivity index (χ4n) is 3.56. The normalized spacial score (nSPS) is 12.3. The molecule has 1 aromatic heterocycles. The molecule has 0 aliphatic heterocycles. The number of carbonyl (C=O) groups excluding carboxylic acids is 2. The van der Waals surface area contributed by atoms with Gasteiger partial charge in [-0.15, -0.1) is 0 Å². The lowest BCUT2D eigenvalue weighted by Gasteiger charge is -2.16. The fourth-order valence-corrected chi connectivity index (χ4v) is 3.56. The molecule has 36 heavy (non-hydrogen) atoms. The summed E-state index contributed by atoms with van der Waals surface area (Å²) in [6.45, 7) is 17.9. The molecule has 0 aliphatic carbocycles. The van der Waals surface area contributed by atoms with Gasteiger partial charge in [-0.3, -0.25) is 9.59 Å². The van der Waals surface area contributed by atoms with Crippen molar-refractivity contribution in [3.05, 3.63) is 100 Å². The highest BCUT2D eigenvalue weighted by atomic mass is 19.1. The number of hydrogen-bond acceptors (Lipinski definition) is 3. The molecule has 2 aromatic rings. The van der Waals surface area contributed by atoms with E-state index in [0.29, 0.717) is 33.1 Å². The Hall–Kier alpha value is -4.46. The average Bonchev–Trinajstić information content (AvgIpc) is 2.79. The van der Waals surface area contributed by atoms with E-state index in [-0.39, 0.29) is 23.2 Å². The molecule has 8 heteroatoms. The minimum Gasteiger partial charge on any atom is -0.327 e. The first-order valence-electron chi connectivity index (χ1n) is 11.3. The van der Waals surface area contributed by atoms with E-state index in [1.807, 2.05) is 26.8 Å². The number of benzene rings is 1. The quantitative estimate of drug-likeness (QED) is 0.491. The number of halogens is 1. The first-order chi connectivity index (χ1) is 17.0. The van der Waals surface area contributed by atoms with E-state index in [0.717, 1.165) is 0 Å². The van der Waals surface area contributed by atoms with Crippen LogP contribution < -0.4 is 32.1 Å². The molecule has 3 amide bonds. The van der Waals surface area contributed by atoms with Gasteiger partial charge in [0.15, 0.2) is 0 Å². The third-order valence-electron chi connectivity index (χ3n) is 5.08. The Labute approximate surface area is 209 Å². The van der Waals surface area contributed by atoms with E-state index in [2.05, 4.69) is 35.7 Å². The van der Waals surface area contributed by atoms with Gasteiger partial charge in [-0.25, -0.2) is 9.18 Å². The van der Waals surface area contributed by atoms with Gasteiger partial charge in [0.25, 0.3) is 5.56 Å². The number of urea groups is 1. The Bertz CT molecular complexity index is 1430. The highest BCUT2D eigenvalue weighted by molar-refractivity contribution is 5.91. The Balaban J connectivity index is 2.66. The Morgan fingerprint density at radius 1 is 1.14 bits per heavy atom. The maximum atomic E-state index is 14.5. The molecule has 2 rings (SSSR count). The average molecular weight is 491 g/mol. The summed E-state index contributed by atoms with van der Waals surface area (Å²) in [6, 6.07) is 4.85. The molecule has 0 radical (unpaired) electrons. The van der Waals surface area contributed by atoms with Gasteiger partial charge < -0.3 is 20.5 Å². The molecule has 0 spiro atoms. The van der Waals surface area contributed by atoms with Crippen LogP contribution in [0.25, 0.3) is 23.3 Å². The van der Waals surface area contributed by atoms with Crippen molar-refractivity contribution >= 4 is 29.8 Å². The summed E-state index contributed by atoms with van der Waals surface area (Å²) in [5, 5.41) is 8.90. The number of hydrogen-bond donors (Lipinski definition) is 3. The second kappa shape index (κ2) is 12.3. The maximum Gasteiger partial charge on any atom is 0.323 e. The smallest absolute Gasteiger partial charge is 0.323 e. The number of rotatable bonds is 8. The highest BCUT2D eigenvalue weighted by Gasteiger charge is 2.15. The first-order valence-corrected chi connectivity index (χ1v) is 11.3. The Morgan fingerprint density at radius 3 is 2.39 bits per heavy atom. The van der Waals surface area contributed by atoms with Crippen LogP contribution in [0.5, 0.6) is 0 Å². The highest BCUT2D eigenvalue weighted by Crippen LogP contribution is 2.22. The minimum atomic E-state index is -0.678. The predicted molar refractivity (Wildman–Crippen MR) is 144 cm³/mol. The SMILES string of the molecule is C=C/C=C(\C=C)NC(=O)Nc1cc(-c2cc(=C/C)/c(=C\C(=C)NC(C)=O)n(C(C)C)c2=O)ccc1F. The van der Waals surface area contributed by atoms with Gasteiger partial charge in [0.1, 0.15) is 5.82 Å². The monoisotopic (exact) mass is 490 g/mol. The van der Waals surface area contributed by atoms with E-state index < -0.39 is 11.8 Å². The number of amides is 3. The number of aromatic nitrogens is 1. The summed E-state index contributed by atoms with van der Waals surface area (Å²) >= 11 is 0. The van der Waals surface area contributed by atoms with Crippen LogP contribution in [0.4, 0.5) is 14.9 Å². The molecule has 7 nitrogen and oxygen atoms in total. The molecule has 1 aromatic carbocycles. The topological polar surface area (TPSA) is 92.2 Å². The molecule has 1 heterocycles. The third-order valence-corrected chi connectivity index (χ3v) is 5.08. The Morgan fingerprint density at radius 2 is 1.83 bits per heavy atom. The maximum absolute atomic E-state index is 14.5. The van der Waals surface area contributed by atoms with Crippen molar-refractivity contribution < 1.29 is 14.0 Å². The second-order valence-electron chi connectivity index (χ2n) is 8.14. The summed E-state index contributed by atoms with van der Waals surface area (Å²) in [6.07, 6.45) is 7.90. The molecular weight excluding hydrogens is 459 g/mol. The lowest BCUT2D eigenvalue weighted by molar-refractivity contribution is -0.118. The van der Waals surface area contributed by atoms with Gasteiger partial charge in [0.2, 0.25) is 5.91 Å². The molecule has 0 saturated carbocycles. The van der Waals surface area contributed by atoms with Crippen molar-refractivity contribution in [3.8, 4) is 11.1 Å². The lowest BCUT2D eigenvalue weighted by Crippen LogP contribution is -2.45. The van der Waals surface area contributed by atoms with Crippen LogP contribution in [0.2, 0.25) is 0 Å².